The average Bonchev–Trinajstić information content (AvgIpc) is 2.61. The van der Waals surface area contributed by atoms with Gasteiger partial charge in [-0.2, -0.15) is 0 Å². The molecule has 1 N–H and O–H groups in total. The maximum atomic E-state index is 12.3. The minimum atomic E-state index is 0.0180. The molecule has 1 aliphatic heterocycles. The molecule has 2 amide bonds. The van der Waals surface area contributed by atoms with Gasteiger partial charge in [-0.3, -0.25) is 0 Å². The Morgan fingerprint density at radius 2 is 1.79 bits per heavy atom. The molecule has 0 spiro atoms. The van der Waals surface area contributed by atoms with Crippen molar-refractivity contribution in [2.45, 2.75) is 13.5 Å². The molecule has 24 heavy (non-hydrogen) atoms. The molecule has 5 heteroatoms. The van der Waals surface area contributed by atoms with Crippen LogP contribution in [-0.4, -0.2) is 37.1 Å². The molecule has 1 fully saturated rings. The number of carbonyl (C=O) groups is 1. The van der Waals surface area contributed by atoms with Crippen LogP contribution >= 0.6 is 15.9 Å². The highest BCUT2D eigenvalue weighted by molar-refractivity contribution is 9.10. The van der Waals surface area contributed by atoms with E-state index in [0.29, 0.717) is 6.54 Å². The number of carbonyl (C=O) groups excluding carboxylic acids is 1. The molecule has 1 aliphatic rings. The number of nitrogens with one attached hydrogen (secondary N) is 1. The van der Waals surface area contributed by atoms with Gasteiger partial charge < -0.3 is 15.1 Å². The van der Waals surface area contributed by atoms with Crippen LogP contribution in [0.25, 0.3) is 0 Å². The number of halogens is 1. The first-order valence-electron chi connectivity index (χ1n) is 8.21. The Labute approximate surface area is 151 Å². The van der Waals surface area contributed by atoms with Gasteiger partial charge in [-0.25, -0.2) is 4.79 Å². The Kier molecular flexibility index (Phi) is 5.41. The standard InChI is InChI=1S/C19H22BrN3O/c1-15-5-7-16(8-6-15)14-21-19(24)23-11-9-22(10-12-23)18-4-2-3-17(20)13-18/h2-8,13H,9-12,14H2,1H3,(H,21,24). The van der Waals surface area contributed by atoms with E-state index in [2.05, 4.69) is 69.5 Å². The van der Waals surface area contributed by atoms with Gasteiger partial charge in [0.25, 0.3) is 0 Å². The van der Waals surface area contributed by atoms with Crippen LogP contribution < -0.4 is 10.2 Å². The lowest BCUT2D eigenvalue weighted by molar-refractivity contribution is 0.194. The van der Waals surface area contributed by atoms with Crippen LogP contribution in [0.3, 0.4) is 0 Å². The number of amides is 2. The monoisotopic (exact) mass is 387 g/mol. The van der Waals surface area contributed by atoms with Gasteiger partial charge in [-0.05, 0) is 30.7 Å². The van der Waals surface area contributed by atoms with Gasteiger partial charge in [0.2, 0.25) is 0 Å². The van der Waals surface area contributed by atoms with Gasteiger partial charge in [-0.15, -0.1) is 0 Å². The van der Waals surface area contributed by atoms with Gasteiger partial charge in [0.05, 0.1) is 0 Å². The second-order valence-electron chi connectivity index (χ2n) is 6.10. The Morgan fingerprint density at radius 3 is 2.46 bits per heavy atom. The lowest BCUT2D eigenvalue weighted by Gasteiger charge is -2.36. The van der Waals surface area contributed by atoms with E-state index in [9.17, 15) is 4.79 Å². The highest BCUT2D eigenvalue weighted by atomic mass is 79.9. The predicted molar refractivity (Wildman–Crippen MR) is 101 cm³/mol. The second-order valence-corrected chi connectivity index (χ2v) is 7.01. The highest BCUT2D eigenvalue weighted by Crippen LogP contribution is 2.21. The number of hydrogen-bond acceptors (Lipinski definition) is 2. The molecular weight excluding hydrogens is 366 g/mol. The summed E-state index contributed by atoms with van der Waals surface area (Å²) in [7, 11) is 0. The van der Waals surface area contributed by atoms with Crippen molar-refractivity contribution in [2.75, 3.05) is 31.1 Å². The number of urea groups is 1. The Hall–Kier alpha value is -2.01. The van der Waals surface area contributed by atoms with Crippen molar-refractivity contribution >= 4 is 27.6 Å². The van der Waals surface area contributed by atoms with Crippen LogP contribution in [-0.2, 0) is 6.54 Å². The largest absolute Gasteiger partial charge is 0.368 e. The molecule has 0 unspecified atom stereocenters. The van der Waals surface area contributed by atoms with Gasteiger partial charge >= 0.3 is 6.03 Å². The van der Waals surface area contributed by atoms with Gasteiger partial charge in [0.15, 0.2) is 0 Å². The molecule has 0 radical (unpaired) electrons. The van der Waals surface area contributed by atoms with E-state index < -0.39 is 0 Å². The zero-order valence-corrected chi connectivity index (χ0v) is 15.4. The van der Waals surface area contributed by atoms with Crippen molar-refractivity contribution in [2.24, 2.45) is 0 Å². The third-order valence-electron chi connectivity index (χ3n) is 4.30. The topological polar surface area (TPSA) is 35.6 Å². The molecule has 0 saturated carbocycles. The zero-order chi connectivity index (χ0) is 16.9. The Bertz CT molecular complexity index is 694. The van der Waals surface area contributed by atoms with Crippen LogP contribution in [0.5, 0.6) is 0 Å². The fourth-order valence-electron chi connectivity index (χ4n) is 2.84. The van der Waals surface area contributed by atoms with Crippen LogP contribution in [0.2, 0.25) is 0 Å². The summed E-state index contributed by atoms with van der Waals surface area (Å²) in [5.41, 5.74) is 3.56. The van der Waals surface area contributed by atoms with Gasteiger partial charge in [0.1, 0.15) is 0 Å². The fourth-order valence-corrected chi connectivity index (χ4v) is 3.22. The Morgan fingerprint density at radius 1 is 1.08 bits per heavy atom. The summed E-state index contributed by atoms with van der Waals surface area (Å²) in [6, 6.07) is 16.6. The quantitative estimate of drug-likeness (QED) is 0.869. The van der Waals surface area contributed by atoms with Crippen molar-refractivity contribution in [1.82, 2.24) is 10.2 Å². The van der Waals surface area contributed by atoms with Crippen LogP contribution in [0.15, 0.2) is 53.0 Å². The number of hydrogen-bond donors (Lipinski definition) is 1. The minimum Gasteiger partial charge on any atom is -0.368 e. The maximum absolute atomic E-state index is 12.3. The Balaban J connectivity index is 1.49. The second kappa shape index (κ2) is 7.71. The summed E-state index contributed by atoms with van der Waals surface area (Å²) in [4.78, 5) is 16.5. The summed E-state index contributed by atoms with van der Waals surface area (Å²) >= 11 is 3.51. The van der Waals surface area contributed by atoms with E-state index in [1.807, 2.05) is 17.0 Å². The predicted octanol–water partition coefficient (Wildman–Crippen LogP) is 3.79. The highest BCUT2D eigenvalue weighted by Gasteiger charge is 2.21. The number of nitrogens with zero attached hydrogens (tertiary/aromatic N) is 2. The molecule has 0 aromatic heterocycles. The van der Waals surface area contributed by atoms with Crippen molar-refractivity contribution in [1.29, 1.82) is 0 Å². The zero-order valence-electron chi connectivity index (χ0n) is 13.8. The molecular formula is C19H22BrN3O. The normalized spacial score (nSPS) is 14.6. The summed E-state index contributed by atoms with van der Waals surface area (Å²) < 4.78 is 1.08. The van der Waals surface area contributed by atoms with E-state index >= 15 is 0 Å². The molecule has 0 aliphatic carbocycles. The maximum Gasteiger partial charge on any atom is 0.317 e. The van der Waals surface area contributed by atoms with Crippen LogP contribution in [0, 0.1) is 6.92 Å². The smallest absolute Gasteiger partial charge is 0.317 e. The molecule has 126 valence electrons. The molecule has 4 nitrogen and oxygen atoms in total. The molecule has 3 rings (SSSR count). The summed E-state index contributed by atoms with van der Waals surface area (Å²) in [6.07, 6.45) is 0. The van der Waals surface area contributed by atoms with Gasteiger partial charge in [0, 0.05) is 42.9 Å². The average molecular weight is 388 g/mol. The molecule has 2 aromatic carbocycles. The number of rotatable bonds is 3. The van der Waals surface area contributed by atoms with E-state index in [0.717, 1.165) is 36.2 Å². The van der Waals surface area contributed by atoms with Crippen molar-refractivity contribution in [3.63, 3.8) is 0 Å². The summed E-state index contributed by atoms with van der Waals surface area (Å²) in [5.74, 6) is 0. The van der Waals surface area contributed by atoms with Crippen molar-refractivity contribution in [3.8, 4) is 0 Å². The van der Waals surface area contributed by atoms with Crippen molar-refractivity contribution < 1.29 is 4.79 Å². The third kappa shape index (κ3) is 4.29. The number of aryl methyl sites for hydroxylation is 1. The summed E-state index contributed by atoms with van der Waals surface area (Å²) in [6.45, 7) is 5.83. The van der Waals surface area contributed by atoms with E-state index in [-0.39, 0.29) is 6.03 Å². The SMILES string of the molecule is Cc1ccc(CNC(=O)N2CCN(c3cccc(Br)c3)CC2)cc1. The third-order valence-corrected chi connectivity index (χ3v) is 4.80. The first-order chi connectivity index (χ1) is 11.6. The van der Waals surface area contributed by atoms with Crippen molar-refractivity contribution in [3.05, 3.63) is 64.1 Å². The molecule has 2 aromatic rings. The fraction of sp³-hybridized carbons (Fsp3) is 0.316. The number of piperazine rings is 1. The van der Waals surface area contributed by atoms with E-state index in [1.54, 1.807) is 0 Å². The van der Waals surface area contributed by atoms with Gasteiger partial charge in [-0.1, -0.05) is 51.8 Å². The lowest BCUT2D eigenvalue weighted by atomic mass is 10.1. The molecule has 0 atom stereocenters. The van der Waals surface area contributed by atoms with Crippen LogP contribution in [0.4, 0.5) is 10.5 Å². The lowest BCUT2D eigenvalue weighted by Crippen LogP contribution is -2.51. The van der Waals surface area contributed by atoms with E-state index in [1.165, 1.54) is 11.3 Å². The molecule has 1 saturated heterocycles. The summed E-state index contributed by atoms with van der Waals surface area (Å²) in [5, 5.41) is 3.01. The van der Waals surface area contributed by atoms with E-state index in [4.69, 9.17) is 0 Å². The molecule has 1 heterocycles. The molecule has 0 bridgehead atoms. The minimum absolute atomic E-state index is 0.0180. The first kappa shape index (κ1) is 16.8. The number of anilines is 1. The number of benzene rings is 2. The van der Waals surface area contributed by atoms with Crippen LogP contribution in [0.1, 0.15) is 11.1 Å². The first-order valence-corrected chi connectivity index (χ1v) is 9.00.